The van der Waals surface area contributed by atoms with E-state index in [1.165, 1.54) is 0 Å². The van der Waals surface area contributed by atoms with Gasteiger partial charge in [0.05, 0.1) is 0 Å². The van der Waals surface area contributed by atoms with Crippen molar-refractivity contribution in [1.29, 1.82) is 0 Å². The molecule has 0 saturated carbocycles. The SMILES string of the molecule is C=CCOC(=O)N([SiH3])C1CCCCO1. The van der Waals surface area contributed by atoms with Gasteiger partial charge in [0, 0.05) is 6.61 Å². The zero-order valence-corrected chi connectivity index (χ0v) is 10.6. The number of amides is 1. The number of hydrogen-bond donors (Lipinski definition) is 0. The normalized spacial score (nSPS) is 21.6. The van der Waals surface area contributed by atoms with E-state index in [9.17, 15) is 4.79 Å². The average Bonchev–Trinajstić information content (AvgIpc) is 2.26. The van der Waals surface area contributed by atoms with Gasteiger partial charge in [0.25, 0.3) is 0 Å². The maximum absolute atomic E-state index is 11.4. The van der Waals surface area contributed by atoms with Gasteiger partial charge in [0.2, 0.25) is 0 Å². The number of carbonyl (C=O) groups excluding carboxylic acids is 1. The van der Waals surface area contributed by atoms with Gasteiger partial charge in [-0.3, -0.25) is 0 Å². The van der Waals surface area contributed by atoms with Crippen molar-refractivity contribution in [2.45, 2.75) is 25.5 Å². The van der Waals surface area contributed by atoms with E-state index in [2.05, 4.69) is 6.58 Å². The summed E-state index contributed by atoms with van der Waals surface area (Å²) >= 11 is 0. The average molecular weight is 215 g/mol. The molecule has 80 valence electrons. The van der Waals surface area contributed by atoms with Crippen LogP contribution >= 0.6 is 0 Å². The summed E-state index contributed by atoms with van der Waals surface area (Å²) in [6.07, 6.45) is 4.35. The summed E-state index contributed by atoms with van der Waals surface area (Å²) in [5.74, 6) is 0. The topological polar surface area (TPSA) is 38.8 Å². The molecule has 0 aromatic heterocycles. The number of carbonyl (C=O) groups is 1. The Hall–Kier alpha value is -0.813. The molecule has 1 aliphatic heterocycles. The molecule has 1 amide bonds. The minimum absolute atomic E-state index is 0.0623. The summed E-state index contributed by atoms with van der Waals surface area (Å²) in [5.41, 5.74) is 0. The second-order valence-electron chi connectivity index (χ2n) is 3.30. The van der Waals surface area contributed by atoms with E-state index in [0.29, 0.717) is 10.4 Å². The molecule has 4 nitrogen and oxygen atoms in total. The van der Waals surface area contributed by atoms with Crippen molar-refractivity contribution in [1.82, 2.24) is 4.57 Å². The van der Waals surface area contributed by atoms with E-state index in [0.717, 1.165) is 25.9 Å². The fraction of sp³-hybridized carbons (Fsp3) is 0.667. The maximum atomic E-state index is 11.4. The van der Waals surface area contributed by atoms with E-state index >= 15 is 0 Å². The lowest BCUT2D eigenvalue weighted by Crippen LogP contribution is -2.42. The third-order valence-electron chi connectivity index (χ3n) is 2.20. The molecule has 1 fully saturated rings. The molecule has 5 heteroatoms. The van der Waals surface area contributed by atoms with Crippen LogP contribution < -0.4 is 0 Å². The minimum atomic E-state index is -0.288. The lowest BCUT2D eigenvalue weighted by molar-refractivity contribution is -0.0452. The zero-order valence-electron chi connectivity index (χ0n) is 8.57. The molecule has 1 rings (SSSR count). The van der Waals surface area contributed by atoms with Gasteiger partial charge in [-0.2, -0.15) is 0 Å². The smallest absolute Gasteiger partial charge is 0.403 e. The van der Waals surface area contributed by atoms with Crippen LogP contribution in [0.5, 0.6) is 0 Å². The first-order valence-electron chi connectivity index (χ1n) is 4.88. The molecule has 1 aliphatic rings. The van der Waals surface area contributed by atoms with E-state index in [1.807, 2.05) is 0 Å². The van der Waals surface area contributed by atoms with Gasteiger partial charge in [-0.05, 0) is 19.3 Å². The quantitative estimate of drug-likeness (QED) is 0.506. The van der Waals surface area contributed by atoms with Crippen LogP contribution in [0.3, 0.4) is 0 Å². The van der Waals surface area contributed by atoms with E-state index in [4.69, 9.17) is 9.47 Å². The largest absolute Gasteiger partial charge is 0.446 e. The molecule has 0 N–H and O–H groups in total. The molecule has 0 spiro atoms. The van der Waals surface area contributed by atoms with Crippen molar-refractivity contribution in [3.05, 3.63) is 12.7 Å². The molecule has 1 saturated heterocycles. The highest BCUT2D eigenvalue weighted by atomic mass is 28.2. The predicted octanol–water partition coefficient (Wildman–Crippen LogP) is 0.418. The summed E-state index contributed by atoms with van der Waals surface area (Å²) in [6.45, 7) is 4.51. The van der Waals surface area contributed by atoms with Crippen molar-refractivity contribution in [3.8, 4) is 0 Å². The highest BCUT2D eigenvalue weighted by molar-refractivity contribution is 6.12. The Morgan fingerprint density at radius 3 is 3.07 bits per heavy atom. The molecule has 1 atom stereocenters. The fourth-order valence-corrected chi connectivity index (χ4v) is 1.92. The summed E-state index contributed by atoms with van der Waals surface area (Å²) in [6, 6.07) is 0. The van der Waals surface area contributed by atoms with Gasteiger partial charge in [-0.25, -0.2) is 4.79 Å². The van der Waals surface area contributed by atoms with Crippen LogP contribution in [0.15, 0.2) is 12.7 Å². The molecule has 1 heterocycles. The van der Waals surface area contributed by atoms with Crippen molar-refractivity contribution in [3.63, 3.8) is 0 Å². The molecule has 0 aromatic rings. The second kappa shape index (κ2) is 5.82. The third kappa shape index (κ3) is 3.15. The third-order valence-corrected chi connectivity index (χ3v) is 3.14. The van der Waals surface area contributed by atoms with Crippen LogP contribution in [-0.4, -0.2) is 40.5 Å². The second-order valence-corrected chi connectivity index (χ2v) is 4.26. The molecule has 1 unspecified atom stereocenters. The molecule has 0 aromatic carbocycles. The Morgan fingerprint density at radius 2 is 2.50 bits per heavy atom. The van der Waals surface area contributed by atoms with Crippen molar-refractivity contribution >= 4 is 16.5 Å². The first kappa shape index (κ1) is 11.3. The Morgan fingerprint density at radius 1 is 1.71 bits per heavy atom. The van der Waals surface area contributed by atoms with Crippen LogP contribution in [-0.2, 0) is 9.47 Å². The Balaban J connectivity index is 2.33. The first-order valence-corrected chi connectivity index (χ1v) is 5.77. The maximum Gasteiger partial charge on any atom is 0.403 e. The van der Waals surface area contributed by atoms with Crippen LogP contribution in [0, 0.1) is 0 Å². The van der Waals surface area contributed by atoms with Gasteiger partial charge in [-0.1, -0.05) is 12.7 Å². The van der Waals surface area contributed by atoms with Gasteiger partial charge in [0.15, 0.2) is 0 Å². The first-order chi connectivity index (χ1) is 6.75. The minimum Gasteiger partial charge on any atom is -0.446 e. The monoisotopic (exact) mass is 215 g/mol. The van der Waals surface area contributed by atoms with Crippen LogP contribution in [0.1, 0.15) is 19.3 Å². The molecule has 0 radical (unpaired) electrons. The van der Waals surface area contributed by atoms with Crippen LogP contribution in [0.2, 0.25) is 0 Å². The lowest BCUT2D eigenvalue weighted by atomic mass is 10.2. The van der Waals surface area contributed by atoms with Crippen molar-refractivity contribution in [2.75, 3.05) is 13.2 Å². The number of ether oxygens (including phenoxy) is 2. The molecular weight excluding hydrogens is 198 g/mol. The van der Waals surface area contributed by atoms with Crippen molar-refractivity contribution in [2.24, 2.45) is 0 Å². The summed E-state index contributed by atoms with van der Waals surface area (Å²) in [4.78, 5) is 11.4. The summed E-state index contributed by atoms with van der Waals surface area (Å²) in [7, 11) is 0.630. The van der Waals surface area contributed by atoms with Gasteiger partial charge >= 0.3 is 6.09 Å². The van der Waals surface area contributed by atoms with Gasteiger partial charge in [-0.15, -0.1) is 0 Å². The van der Waals surface area contributed by atoms with Crippen molar-refractivity contribution < 1.29 is 14.3 Å². The number of hydrogen-bond acceptors (Lipinski definition) is 3. The van der Waals surface area contributed by atoms with E-state index < -0.39 is 0 Å². The Bertz CT molecular complexity index is 204. The Kier molecular flexibility index (Phi) is 4.68. The Labute approximate surface area is 87.4 Å². The highest BCUT2D eigenvalue weighted by Gasteiger charge is 2.22. The van der Waals surface area contributed by atoms with Crippen LogP contribution in [0.25, 0.3) is 0 Å². The predicted molar refractivity (Wildman–Crippen MR) is 56.9 cm³/mol. The zero-order chi connectivity index (χ0) is 10.4. The van der Waals surface area contributed by atoms with Gasteiger partial charge in [0.1, 0.15) is 23.2 Å². The van der Waals surface area contributed by atoms with E-state index in [1.54, 1.807) is 10.6 Å². The van der Waals surface area contributed by atoms with Gasteiger partial charge < -0.3 is 14.0 Å². The summed E-state index contributed by atoms with van der Waals surface area (Å²) < 4.78 is 12.0. The fourth-order valence-electron chi connectivity index (χ4n) is 1.38. The summed E-state index contributed by atoms with van der Waals surface area (Å²) in [5, 5.41) is 0. The number of rotatable bonds is 3. The standard InChI is InChI=1S/C9H17NO3Si/c1-2-6-13-9(11)10(14)8-5-3-4-7-12-8/h2,8H,1,3-7H2,14H3. The molecule has 0 bridgehead atoms. The molecular formula is C9H17NO3Si. The lowest BCUT2D eigenvalue weighted by Gasteiger charge is -2.30. The van der Waals surface area contributed by atoms with Crippen LogP contribution in [0.4, 0.5) is 4.79 Å². The highest BCUT2D eigenvalue weighted by Crippen LogP contribution is 2.15. The number of nitrogens with zero attached hydrogens (tertiary/aromatic N) is 1. The molecule has 14 heavy (non-hydrogen) atoms. The van der Waals surface area contributed by atoms with E-state index in [-0.39, 0.29) is 18.9 Å². The molecule has 0 aliphatic carbocycles.